The molecule has 1 amide bonds. The molecular weight excluding hydrogens is 368 g/mol. The normalized spacial score (nSPS) is 18.6. The van der Waals surface area contributed by atoms with E-state index in [4.69, 9.17) is 14.5 Å². The molecule has 3 heterocycles. The van der Waals surface area contributed by atoms with Crippen molar-refractivity contribution >= 4 is 11.9 Å². The molecule has 1 atom stereocenters. The number of amides is 1. The molecule has 1 aromatic carbocycles. The van der Waals surface area contributed by atoms with E-state index < -0.39 is 0 Å². The molecule has 0 aliphatic carbocycles. The number of carbonyl (C=O) groups is 1. The van der Waals surface area contributed by atoms with Crippen LogP contribution in [0.3, 0.4) is 0 Å². The maximum atomic E-state index is 12.6. The van der Waals surface area contributed by atoms with Gasteiger partial charge < -0.3 is 19.7 Å². The number of nitrogens with zero attached hydrogens (tertiary/aromatic N) is 3. The summed E-state index contributed by atoms with van der Waals surface area (Å²) in [6.45, 7) is 6.98. The Bertz CT molecular complexity index is 869. The summed E-state index contributed by atoms with van der Waals surface area (Å²) in [6, 6.07) is 7.23. The van der Waals surface area contributed by atoms with Gasteiger partial charge in [-0.1, -0.05) is 12.7 Å². The van der Waals surface area contributed by atoms with Crippen LogP contribution >= 0.6 is 0 Å². The van der Waals surface area contributed by atoms with Crippen molar-refractivity contribution in [3.05, 3.63) is 59.9 Å². The first kappa shape index (κ1) is 19.4. The van der Waals surface area contributed by atoms with Gasteiger partial charge in [0.15, 0.2) is 0 Å². The van der Waals surface area contributed by atoms with E-state index in [1.54, 1.807) is 30.3 Å². The van der Waals surface area contributed by atoms with Crippen molar-refractivity contribution < 1.29 is 14.3 Å². The maximum Gasteiger partial charge on any atom is 0.251 e. The number of ether oxygens (including phenoxy) is 2. The second kappa shape index (κ2) is 9.05. The lowest BCUT2D eigenvalue weighted by molar-refractivity contribution is 0.0933. The van der Waals surface area contributed by atoms with Gasteiger partial charge in [-0.3, -0.25) is 4.79 Å². The molecule has 2 aromatic rings. The van der Waals surface area contributed by atoms with Crippen LogP contribution in [0, 0.1) is 0 Å². The largest absolute Gasteiger partial charge is 0.490 e. The van der Waals surface area contributed by atoms with Crippen molar-refractivity contribution in [2.75, 3.05) is 31.2 Å². The van der Waals surface area contributed by atoms with Crippen LogP contribution in [0.25, 0.3) is 0 Å². The molecule has 7 heteroatoms. The highest BCUT2D eigenvalue weighted by molar-refractivity contribution is 5.94. The number of piperidine rings is 1. The second-order valence-corrected chi connectivity index (χ2v) is 7.33. The van der Waals surface area contributed by atoms with Crippen LogP contribution in [0.5, 0.6) is 5.75 Å². The SMILES string of the molecule is C=CCOc1ccc(C(=O)N[C@@H]2CCCN(c3ncc4c(n3)CCOC4)C2)cc1. The lowest BCUT2D eigenvalue weighted by Crippen LogP contribution is -2.48. The third kappa shape index (κ3) is 4.74. The van der Waals surface area contributed by atoms with E-state index in [9.17, 15) is 4.79 Å². The fourth-order valence-electron chi connectivity index (χ4n) is 3.67. The molecule has 1 saturated heterocycles. The first-order chi connectivity index (χ1) is 14.2. The molecule has 7 nitrogen and oxygen atoms in total. The first-order valence-corrected chi connectivity index (χ1v) is 10.0. The van der Waals surface area contributed by atoms with Gasteiger partial charge >= 0.3 is 0 Å². The highest BCUT2D eigenvalue weighted by Gasteiger charge is 2.24. The molecule has 1 fully saturated rings. The average molecular weight is 394 g/mol. The van der Waals surface area contributed by atoms with Gasteiger partial charge in [0.25, 0.3) is 5.91 Å². The van der Waals surface area contributed by atoms with E-state index in [2.05, 4.69) is 21.8 Å². The van der Waals surface area contributed by atoms with Crippen LogP contribution in [-0.2, 0) is 17.8 Å². The summed E-state index contributed by atoms with van der Waals surface area (Å²) in [5.74, 6) is 1.39. The van der Waals surface area contributed by atoms with Gasteiger partial charge in [-0.25, -0.2) is 9.97 Å². The minimum Gasteiger partial charge on any atom is -0.490 e. The highest BCUT2D eigenvalue weighted by atomic mass is 16.5. The molecule has 0 spiro atoms. The number of carbonyl (C=O) groups excluding carboxylic acids is 1. The molecule has 1 aromatic heterocycles. The molecule has 152 valence electrons. The quantitative estimate of drug-likeness (QED) is 0.759. The molecule has 0 saturated carbocycles. The van der Waals surface area contributed by atoms with Crippen molar-refractivity contribution in [3.63, 3.8) is 0 Å². The minimum atomic E-state index is -0.0735. The number of aromatic nitrogens is 2. The summed E-state index contributed by atoms with van der Waals surface area (Å²) in [5, 5.41) is 3.15. The predicted molar refractivity (Wildman–Crippen MR) is 110 cm³/mol. The van der Waals surface area contributed by atoms with E-state index in [-0.39, 0.29) is 11.9 Å². The predicted octanol–water partition coefficient (Wildman–Crippen LogP) is 2.51. The van der Waals surface area contributed by atoms with E-state index >= 15 is 0 Å². The number of hydrogen-bond donors (Lipinski definition) is 1. The molecule has 2 aliphatic rings. The molecule has 4 rings (SSSR count). The number of fused-ring (bicyclic) bond motifs is 1. The summed E-state index contributed by atoms with van der Waals surface area (Å²) in [4.78, 5) is 24.1. The lowest BCUT2D eigenvalue weighted by Gasteiger charge is -2.33. The molecular formula is C22H26N4O3. The number of hydrogen-bond acceptors (Lipinski definition) is 6. The van der Waals surface area contributed by atoms with Crippen LogP contribution in [0.1, 0.15) is 34.5 Å². The van der Waals surface area contributed by atoms with Crippen LogP contribution in [0.4, 0.5) is 5.95 Å². The number of nitrogens with one attached hydrogen (secondary N) is 1. The molecule has 1 N–H and O–H groups in total. The third-order valence-electron chi connectivity index (χ3n) is 5.21. The number of benzene rings is 1. The highest BCUT2D eigenvalue weighted by Crippen LogP contribution is 2.21. The van der Waals surface area contributed by atoms with Crippen molar-refractivity contribution in [1.29, 1.82) is 0 Å². The Kier molecular flexibility index (Phi) is 6.05. The fraction of sp³-hybridized carbons (Fsp3) is 0.409. The summed E-state index contributed by atoms with van der Waals surface area (Å²) < 4.78 is 10.9. The van der Waals surface area contributed by atoms with Crippen LogP contribution in [0.15, 0.2) is 43.1 Å². The second-order valence-electron chi connectivity index (χ2n) is 7.33. The summed E-state index contributed by atoms with van der Waals surface area (Å²) in [6.07, 6.45) is 6.32. The zero-order valence-electron chi connectivity index (χ0n) is 16.5. The zero-order chi connectivity index (χ0) is 20.1. The summed E-state index contributed by atoms with van der Waals surface area (Å²) >= 11 is 0. The lowest BCUT2D eigenvalue weighted by atomic mass is 10.1. The Balaban J connectivity index is 1.37. The standard InChI is InChI=1S/C22H26N4O3/c1-2-11-29-19-7-5-16(6-8-19)21(27)24-18-4-3-10-26(14-18)22-23-13-17-15-28-12-9-20(17)25-22/h2,5-8,13,18H,1,3-4,9-12,14-15H2,(H,24,27)/t18-/m1/s1. The van der Waals surface area contributed by atoms with Gasteiger partial charge in [0.2, 0.25) is 5.95 Å². The molecule has 0 radical (unpaired) electrons. The average Bonchev–Trinajstić information content (AvgIpc) is 2.78. The van der Waals surface area contributed by atoms with E-state index in [1.807, 2.05) is 6.20 Å². The molecule has 2 aliphatic heterocycles. The van der Waals surface area contributed by atoms with Crippen molar-refractivity contribution in [1.82, 2.24) is 15.3 Å². The van der Waals surface area contributed by atoms with Gasteiger partial charge in [0.1, 0.15) is 12.4 Å². The Labute approximate surface area is 170 Å². The fourth-order valence-corrected chi connectivity index (χ4v) is 3.67. The Morgan fingerprint density at radius 3 is 3.07 bits per heavy atom. The Morgan fingerprint density at radius 2 is 2.24 bits per heavy atom. The van der Waals surface area contributed by atoms with Crippen molar-refractivity contribution in [3.8, 4) is 5.75 Å². The van der Waals surface area contributed by atoms with Gasteiger partial charge in [-0.05, 0) is 37.1 Å². The Hall–Kier alpha value is -2.93. The third-order valence-corrected chi connectivity index (χ3v) is 5.21. The van der Waals surface area contributed by atoms with Crippen LogP contribution in [-0.4, -0.2) is 48.2 Å². The summed E-state index contributed by atoms with van der Waals surface area (Å²) in [5.41, 5.74) is 2.77. The number of rotatable bonds is 6. The van der Waals surface area contributed by atoms with Crippen LogP contribution < -0.4 is 15.0 Å². The smallest absolute Gasteiger partial charge is 0.251 e. The zero-order valence-corrected chi connectivity index (χ0v) is 16.5. The topological polar surface area (TPSA) is 76.6 Å². The van der Waals surface area contributed by atoms with Crippen LogP contribution in [0.2, 0.25) is 0 Å². The van der Waals surface area contributed by atoms with Crippen molar-refractivity contribution in [2.45, 2.75) is 31.9 Å². The molecule has 29 heavy (non-hydrogen) atoms. The first-order valence-electron chi connectivity index (χ1n) is 10.0. The van der Waals surface area contributed by atoms with E-state index in [1.165, 1.54) is 0 Å². The van der Waals surface area contributed by atoms with Crippen molar-refractivity contribution in [2.24, 2.45) is 0 Å². The molecule has 0 bridgehead atoms. The summed E-state index contributed by atoms with van der Waals surface area (Å²) in [7, 11) is 0. The van der Waals surface area contributed by atoms with E-state index in [0.29, 0.717) is 31.9 Å². The monoisotopic (exact) mass is 394 g/mol. The van der Waals surface area contributed by atoms with Gasteiger partial charge in [0, 0.05) is 42.9 Å². The molecule has 0 unspecified atom stereocenters. The minimum absolute atomic E-state index is 0.0657. The van der Waals surface area contributed by atoms with Gasteiger partial charge in [-0.2, -0.15) is 0 Å². The Morgan fingerprint density at radius 1 is 1.38 bits per heavy atom. The van der Waals surface area contributed by atoms with Gasteiger partial charge in [0.05, 0.1) is 18.9 Å². The number of anilines is 1. The van der Waals surface area contributed by atoms with Gasteiger partial charge in [-0.15, -0.1) is 0 Å². The maximum absolute atomic E-state index is 12.6. The van der Waals surface area contributed by atoms with E-state index in [0.717, 1.165) is 48.8 Å².